The van der Waals surface area contributed by atoms with Crippen molar-refractivity contribution >= 4 is 5.82 Å². The highest BCUT2D eigenvalue weighted by Gasteiger charge is 2.13. The molecule has 5 nitrogen and oxygen atoms in total. The Kier molecular flexibility index (Phi) is 3.87. The van der Waals surface area contributed by atoms with E-state index in [0.29, 0.717) is 23.8 Å². The molecule has 6 heteroatoms. The van der Waals surface area contributed by atoms with Crippen LogP contribution in [-0.2, 0) is 13.6 Å². The lowest BCUT2D eigenvalue weighted by molar-refractivity contribution is 0.478. The van der Waals surface area contributed by atoms with E-state index in [-0.39, 0.29) is 5.95 Å². The van der Waals surface area contributed by atoms with Crippen molar-refractivity contribution in [2.24, 2.45) is 7.05 Å². The van der Waals surface area contributed by atoms with E-state index in [1.54, 1.807) is 14.0 Å². The summed E-state index contributed by atoms with van der Waals surface area (Å²) in [6, 6.07) is 2.27. The van der Waals surface area contributed by atoms with E-state index in [4.69, 9.17) is 0 Å². The van der Waals surface area contributed by atoms with Crippen molar-refractivity contribution in [1.29, 1.82) is 0 Å². The van der Waals surface area contributed by atoms with E-state index in [2.05, 4.69) is 29.4 Å². The maximum atomic E-state index is 13.7. The van der Waals surface area contributed by atoms with Gasteiger partial charge in [-0.25, -0.2) is 4.68 Å². The van der Waals surface area contributed by atoms with Crippen LogP contribution in [-0.4, -0.2) is 19.6 Å². The molecule has 0 bridgehead atoms. The summed E-state index contributed by atoms with van der Waals surface area (Å²) < 4.78 is 16.9. The monoisotopic (exact) mass is 265 g/mol. The van der Waals surface area contributed by atoms with E-state index in [1.165, 1.54) is 4.68 Å². The van der Waals surface area contributed by atoms with Gasteiger partial charge in [0.25, 0.3) is 0 Å². The standard InChI is InChI=1S/C13H20FN5/c1-5-9(2)19-7-6-12(17-19)15-8-11-10(3)16-18(4)13(11)14/h6-7,9H,5,8H2,1-4H3,(H,15,17)/t9-/m0/s1. The summed E-state index contributed by atoms with van der Waals surface area (Å²) in [7, 11) is 1.60. The van der Waals surface area contributed by atoms with E-state index >= 15 is 0 Å². The van der Waals surface area contributed by atoms with Crippen LogP contribution in [0.2, 0.25) is 0 Å². The van der Waals surface area contributed by atoms with Crippen LogP contribution in [0.3, 0.4) is 0 Å². The van der Waals surface area contributed by atoms with Crippen LogP contribution in [0.15, 0.2) is 12.3 Å². The average Bonchev–Trinajstić information content (AvgIpc) is 2.94. The van der Waals surface area contributed by atoms with Crippen molar-refractivity contribution < 1.29 is 4.39 Å². The van der Waals surface area contributed by atoms with Gasteiger partial charge < -0.3 is 5.32 Å². The van der Waals surface area contributed by atoms with E-state index in [0.717, 1.165) is 12.2 Å². The molecule has 0 fully saturated rings. The zero-order valence-corrected chi connectivity index (χ0v) is 11.8. The van der Waals surface area contributed by atoms with Gasteiger partial charge in [-0.15, -0.1) is 0 Å². The molecule has 0 saturated heterocycles. The summed E-state index contributed by atoms with van der Waals surface area (Å²) in [5, 5.41) is 11.6. The van der Waals surface area contributed by atoms with Gasteiger partial charge in [-0.1, -0.05) is 6.92 Å². The Morgan fingerprint density at radius 3 is 2.74 bits per heavy atom. The smallest absolute Gasteiger partial charge is 0.216 e. The third kappa shape index (κ3) is 2.77. The topological polar surface area (TPSA) is 47.7 Å². The SMILES string of the molecule is CC[C@H](C)n1ccc(NCc2c(C)nn(C)c2F)n1. The molecule has 0 spiro atoms. The lowest BCUT2D eigenvalue weighted by atomic mass is 10.2. The lowest BCUT2D eigenvalue weighted by Crippen LogP contribution is -2.07. The summed E-state index contributed by atoms with van der Waals surface area (Å²) >= 11 is 0. The number of anilines is 1. The minimum Gasteiger partial charge on any atom is -0.364 e. The number of hydrogen-bond donors (Lipinski definition) is 1. The number of nitrogens with zero attached hydrogens (tertiary/aromatic N) is 4. The highest BCUT2D eigenvalue weighted by molar-refractivity contribution is 5.34. The molecule has 2 aromatic heterocycles. The van der Waals surface area contributed by atoms with Crippen molar-refractivity contribution in [2.45, 2.75) is 39.8 Å². The fourth-order valence-electron chi connectivity index (χ4n) is 1.92. The van der Waals surface area contributed by atoms with E-state index in [9.17, 15) is 4.39 Å². The Balaban J connectivity index is 2.04. The summed E-state index contributed by atoms with van der Waals surface area (Å²) in [4.78, 5) is 0. The van der Waals surface area contributed by atoms with E-state index < -0.39 is 0 Å². The Hall–Kier alpha value is -1.85. The highest BCUT2D eigenvalue weighted by atomic mass is 19.1. The Morgan fingerprint density at radius 1 is 1.42 bits per heavy atom. The molecule has 2 aromatic rings. The Morgan fingerprint density at radius 2 is 2.16 bits per heavy atom. The molecule has 104 valence electrons. The molecule has 0 saturated carbocycles. The van der Waals surface area contributed by atoms with Gasteiger partial charge in [0.15, 0.2) is 0 Å². The molecule has 2 heterocycles. The third-order valence-electron chi connectivity index (χ3n) is 3.37. The second-order valence-electron chi connectivity index (χ2n) is 4.77. The van der Waals surface area contributed by atoms with Crippen LogP contribution in [0.5, 0.6) is 0 Å². The largest absolute Gasteiger partial charge is 0.364 e. The van der Waals surface area contributed by atoms with Gasteiger partial charge in [0.2, 0.25) is 5.95 Å². The molecule has 0 aliphatic heterocycles. The number of halogens is 1. The molecule has 2 rings (SSSR count). The molecule has 0 aliphatic carbocycles. The maximum Gasteiger partial charge on any atom is 0.216 e. The second kappa shape index (κ2) is 5.42. The van der Waals surface area contributed by atoms with Crippen LogP contribution >= 0.6 is 0 Å². The molecule has 0 unspecified atom stereocenters. The average molecular weight is 265 g/mol. The van der Waals surface area contributed by atoms with Gasteiger partial charge in [-0.2, -0.15) is 14.6 Å². The van der Waals surface area contributed by atoms with Crippen molar-refractivity contribution in [3.63, 3.8) is 0 Å². The Labute approximate surface area is 112 Å². The van der Waals surface area contributed by atoms with Crippen molar-refractivity contribution in [3.8, 4) is 0 Å². The predicted molar refractivity (Wildman–Crippen MR) is 72.5 cm³/mol. The van der Waals surface area contributed by atoms with Gasteiger partial charge in [0.05, 0.1) is 5.69 Å². The van der Waals surface area contributed by atoms with E-state index in [1.807, 2.05) is 16.9 Å². The molecule has 0 radical (unpaired) electrons. The maximum absolute atomic E-state index is 13.7. The molecule has 0 aromatic carbocycles. The minimum absolute atomic E-state index is 0.300. The molecule has 19 heavy (non-hydrogen) atoms. The van der Waals surface area contributed by atoms with Crippen LogP contribution in [0.4, 0.5) is 10.2 Å². The summed E-state index contributed by atoms with van der Waals surface area (Å²) in [5.74, 6) is 0.453. The molecule has 1 atom stereocenters. The predicted octanol–water partition coefficient (Wildman–Crippen LogP) is 2.65. The van der Waals surface area contributed by atoms with Crippen LogP contribution in [0, 0.1) is 12.9 Å². The fraction of sp³-hybridized carbons (Fsp3) is 0.538. The van der Waals surface area contributed by atoms with Crippen molar-refractivity contribution in [2.75, 3.05) is 5.32 Å². The molecule has 0 amide bonds. The summed E-state index contributed by atoms with van der Waals surface area (Å²) in [5.41, 5.74) is 1.29. The van der Waals surface area contributed by atoms with Gasteiger partial charge in [0, 0.05) is 37.5 Å². The number of nitrogens with one attached hydrogen (secondary N) is 1. The fourth-order valence-corrected chi connectivity index (χ4v) is 1.92. The highest BCUT2D eigenvalue weighted by Crippen LogP contribution is 2.15. The van der Waals surface area contributed by atoms with Gasteiger partial charge in [-0.3, -0.25) is 4.68 Å². The summed E-state index contributed by atoms with van der Waals surface area (Å²) in [6.45, 7) is 6.43. The number of rotatable bonds is 5. The zero-order chi connectivity index (χ0) is 14.0. The third-order valence-corrected chi connectivity index (χ3v) is 3.37. The van der Waals surface area contributed by atoms with Gasteiger partial charge in [-0.05, 0) is 20.3 Å². The molecular weight excluding hydrogens is 245 g/mol. The number of aryl methyl sites for hydroxylation is 2. The normalized spacial score (nSPS) is 12.7. The first-order valence-corrected chi connectivity index (χ1v) is 6.50. The van der Waals surface area contributed by atoms with Crippen LogP contribution < -0.4 is 5.32 Å². The first-order chi connectivity index (χ1) is 9.02. The molecular formula is C13H20FN5. The molecule has 1 N–H and O–H groups in total. The van der Waals surface area contributed by atoms with Crippen molar-refractivity contribution in [3.05, 3.63) is 29.5 Å². The first-order valence-electron chi connectivity index (χ1n) is 6.50. The second-order valence-corrected chi connectivity index (χ2v) is 4.77. The minimum atomic E-state index is -0.300. The van der Waals surface area contributed by atoms with Crippen molar-refractivity contribution in [1.82, 2.24) is 19.6 Å². The number of aromatic nitrogens is 4. The van der Waals surface area contributed by atoms with Gasteiger partial charge in [0.1, 0.15) is 5.82 Å². The Bertz CT molecular complexity index is 557. The zero-order valence-electron chi connectivity index (χ0n) is 11.8. The molecule has 0 aliphatic rings. The summed E-state index contributed by atoms with van der Waals surface area (Å²) in [6.07, 6.45) is 2.96. The van der Waals surface area contributed by atoms with Crippen LogP contribution in [0.25, 0.3) is 0 Å². The van der Waals surface area contributed by atoms with Gasteiger partial charge >= 0.3 is 0 Å². The van der Waals surface area contributed by atoms with Crippen LogP contribution in [0.1, 0.15) is 37.6 Å². The number of hydrogen-bond acceptors (Lipinski definition) is 3. The lowest BCUT2D eigenvalue weighted by Gasteiger charge is -2.08. The quantitative estimate of drug-likeness (QED) is 0.904. The first kappa shape index (κ1) is 13.6.